The molecule has 5 heteroatoms. The van der Waals surface area contributed by atoms with Crippen molar-refractivity contribution in [1.82, 2.24) is 0 Å². The van der Waals surface area contributed by atoms with Gasteiger partial charge in [0.15, 0.2) is 0 Å². The zero-order chi connectivity index (χ0) is 13.4. The first kappa shape index (κ1) is 13.0. The van der Waals surface area contributed by atoms with Crippen LogP contribution in [0.1, 0.15) is 29.1 Å². The Morgan fingerprint density at radius 1 is 1.37 bits per heavy atom. The van der Waals surface area contributed by atoms with E-state index in [1.165, 1.54) is 0 Å². The fourth-order valence-corrected chi connectivity index (χ4v) is 3.69. The van der Waals surface area contributed by atoms with Gasteiger partial charge in [0, 0.05) is 16.9 Å². The summed E-state index contributed by atoms with van der Waals surface area (Å²) in [4.78, 5) is 1.12. The average molecular weight is 341 g/mol. The normalized spacial score (nSPS) is 21.6. The molecule has 1 aromatic carbocycles. The predicted molar refractivity (Wildman–Crippen MR) is 78.0 cm³/mol. The van der Waals surface area contributed by atoms with E-state index < -0.39 is 6.10 Å². The number of hydrogen-bond acceptors (Lipinski definition) is 4. The van der Waals surface area contributed by atoms with Gasteiger partial charge in [-0.05, 0) is 46.3 Å². The minimum atomic E-state index is -0.523. The van der Waals surface area contributed by atoms with Gasteiger partial charge in [-0.25, -0.2) is 0 Å². The zero-order valence-corrected chi connectivity index (χ0v) is 12.7. The molecule has 0 saturated heterocycles. The SMILES string of the molecule is COc1ccc2c(c1)[C@@H](O)CC(c1ccc(Br)s1)O2. The van der Waals surface area contributed by atoms with Gasteiger partial charge < -0.3 is 14.6 Å². The molecular weight excluding hydrogens is 328 g/mol. The predicted octanol–water partition coefficient (Wildman–Crippen LogP) is 4.08. The van der Waals surface area contributed by atoms with Crippen molar-refractivity contribution in [2.24, 2.45) is 0 Å². The van der Waals surface area contributed by atoms with Crippen molar-refractivity contribution < 1.29 is 14.6 Å². The van der Waals surface area contributed by atoms with Gasteiger partial charge >= 0.3 is 0 Å². The Labute approximate surface area is 123 Å². The van der Waals surface area contributed by atoms with E-state index in [4.69, 9.17) is 9.47 Å². The Bertz CT molecular complexity index is 596. The quantitative estimate of drug-likeness (QED) is 0.895. The van der Waals surface area contributed by atoms with Crippen molar-refractivity contribution >= 4 is 27.3 Å². The van der Waals surface area contributed by atoms with E-state index in [0.717, 1.165) is 25.7 Å². The third kappa shape index (κ3) is 2.50. The number of hydrogen-bond donors (Lipinski definition) is 1. The zero-order valence-electron chi connectivity index (χ0n) is 10.3. The second-order valence-corrected chi connectivity index (χ2v) is 6.90. The van der Waals surface area contributed by atoms with E-state index in [1.807, 2.05) is 30.3 Å². The Morgan fingerprint density at radius 3 is 2.89 bits per heavy atom. The van der Waals surface area contributed by atoms with Crippen LogP contribution in [0.5, 0.6) is 11.5 Å². The Kier molecular flexibility index (Phi) is 3.52. The van der Waals surface area contributed by atoms with Crippen molar-refractivity contribution in [2.45, 2.75) is 18.6 Å². The third-order valence-electron chi connectivity index (χ3n) is 3.19. The van der Waals surface area contributed by atoms with Gasteiger partial charge in [-0.15, -0.1) is 11.3 Å². The molecule has 0 saturated carbocycles. The van der Waals surface area contributed by atoms with E-state index >= 15 is 0 Å². The molecule has 3 rings (SSSR count). The van der Waals surface area contributed by atoms with Gasteiger partial charge in [-0.2, -0.15) is 0 Å². The highest BCUT2D eigenvalue weighted by atomic mass is 79.9. The first-order valence-electron chi connectivity index (χ1n) is 5.95. The van der Waals surface area contributed by atoms with Crippen LogP contribution in [0.15, 0.2) is 34.1 Å². The van der Waals surface area contributed by atoms with Gasteiger partial charge in [-0.1, -0.05) is 0 Å². The molecule has 0 aliphatic carbocycles. The number of benzene rings is 1. The molecule has 0 bridgehead atoms. The molecular formula is C14H13BrO3S. The third-order valence-corrected chi connectivity index (χ3v) is 4.91. The number of thiophene rings is 1. The number of fused-ring (bicyclic) bond motifs is 1. The van der Waals surface area contributed by atoms with Crippen molar-refractivity contribution in [1.29, 1.82) is 0 Å². The smallest absolute Gasteiger partial charge is 0.136 e. The summed E-state index contributed by atoms with van der Waals surface area (Å²) in [6, 6.07) is 9.56. The number of halogens is 1. The van der Waals surface area contributed by atoms with Crippen LogP contribution in [0.3, 0.4) is 0 Å². The van der Waals surface area contributed by atoms with E-state index in [-0.39, 0.29) is 6.10 Å². The van der Waals surface area contributed by atoms with Crippen LogP contribution in [-0.2, 0) is 0 Å². The molecule has 0 spiro atoms. The molecule has 1 unspecified atom stereocenters. The maximum absolute atomic E-state index is 10.3. The topological polar surface area (TPSA) is 38.7 Å². The van der Waals surface area contributed by atoms with Crippen LogP contribution in [-0.4, -0.2) is 12.2 Å². The lowest BCUT2D eigenvalue weighted by atomic mass is 9.98. The van der Waals surface area contributed by atoms with Crippen LogP contribution >= 0.6 is 27.3 Å². The summed E-state index contributed by atoms with van der Waals surface area (Å²) in [5, 5.41) is 10.3. The second-order valence-electron chi connectivity index (χ2n) is 4.40. The summed E-state index contributed by atoms with van der Waals surface area (Å²) in [5.74, 6) is 1.47. The van der Waals surface area contributed by atoms with Gasteiger partial charge in [0.1, 0.15) is 17.6 Å². The molecule has 2 aromatic rings. The monoisotopic (exact) mass is 340 g/mol. The summed E-state index contributed by atoms with van der Waals surface area (Å²) in [6.07, 6.45) is -0.0513. The lowest BCUT2D eigenvalue weighted by Gasteiger charge is -2.29. The first-order valence-corrected chi connectivity index (χ1v) is 7.56. The molecule has 0 fully saturated rings. The molecule has 100 valence electrons. The maximum atomic E-state index is 10.3. The van der Waals surface area contributed by atoms with Gasteiger partial charge in [0.25, 0.3) is 0 Å². The Morgan fingerprint density at radius 2 is 2.21 bits per heavy atom. The van der Waals surface area contributed by atoms with Crippen LogP contribution in [0.2, 0.25) is 0 Å². The number of methoxy groups -OCH3 is 1. The molecule has 1 aromatic heterocycles. The fraction of sp³-hybridized carbons (Fsp3) is 0.286. The van der Waals surface area contributed by atoms with E-state index in [0.29, 0.717) is 6.42 Å². The average Bonchev–Trinajstić information content (AvgIpc) is 2.85. The van der Waals surface area contributed by atoms with E-state index in [2.05, 4.69) is 15.9 Å². The molecule has 1 aliphatic rings. The molecule has 3 nitrogen and oxygen atoms in total. The summed E-state index contributed by atoms with van der Waals surface area (Å²) >= 11 is 5.08. The number of ether oxygens (including phenoxy) is 2. The Hall–Kier alpha value is -1.04. The first-order chi connectivity index (χ1) is 9.17. The van der Waals surface area contributed by atoms with Crippen LogP contribution in [0.4, 0.5) is 0 Å². The van der Waals surface area contributed by atoms with Crippen molar-refractivity contribution in [3.63, 3.8) is 0 Å². The molecule has 1 aliphatic heterocycles. The molecule has 0 radical (unpaired) electrons. The largest absolute Gasteiger partial charge is 0.497 e. The van der Waals surface area contributed by atoms with E-state index in [1.54, 1.807) is 18.4 Å². The Balaban J connectivity index is 1.92. The lowest BCUT2D eigenvalue weighted by Crippen LogP contribution is -2.18. The standard InChI is InChI=1S/C14H13BrO3S/c1-17-8-2-3-11-9(6-8)10(16)7-12(18-11)13-4-5-14(15)19-13/h2-6,10,12,16H,7H2,1H3/t10-,12?/m0/s1. The highest BCUT2D eigenvalue weighted by Gasteiger charge is 2.29. The summed E-state index contributed by atoms with van der Waals surface area (Å²) < 4.78 is 12.2. The van der Waals surface area contributed by atoms with Gasteiger partial charge in [-0.3, -0.25) is 0 Å². The maximum Gasteiger partial charge on any atom is 0.136 e. The fourth-order valence-electron chi connectivity index (χ4n) is 2.23. The molecule has 2 atom stereocenters. The van der Waals surface area contributed by atoms with Gasteiger partial charge in [0.05, 0.1) is 17.0 Å². The number of aliphatic hydroxyl groups is 1. The van der Waals surface area contributed by atoms with E-state index in [9.17, 15) is 5.11 Å². The number of rotatable bonds is 2. The minimum Gasteiger partial charge on any atom is -0.497 e. The molecule has 2 heterocycles. The van der Waals surface area contributed by atoms with Crippen LogP contribution in [0.25, 0.3) is 0 Å². The minimum absolute atomic E-state index is 0.0906. The molecule has 0 amide bonds. The highest BCUT2D eigenvalue weighted by molar-refractivity contribution is 9.11. The van der Waals surface area contributed by atoms with Crippen molar-refractivity contribution in [3.8, 4) is 11.5 Å². The summed E-state index contributed by atoms with van der Waals surface area (Å²) in [5.41, 5.74) is 0.797. The summed E-state index contributed by atoms with van der Waals surface area (Å²) in [6.45, 7) is 0. The number of aliphatic hydroxyl groups excluding tert-OH is 1. The van der Waals surface area contributed by atoms with Crippen molar-refractivity contribution in [3.05, 3.63) is 44.6 Å². The molecule has 1 N–H and O–H groups in total. The highest BCUT2D eigenvalue weighted by Crippen LogP contribution is 2.44. The van der Waals surface area contributed by atoms with Crippen LogP contribution in [0, 0.1) is 0 Å². The lowest BCUT2D eigenvalue weighted by molar-refractivity contribution is 0.0671. The molecule has 19 heavy (non-hydrogen) atoms. The summed E-state index contributed by atoms with van der Waals surface area (Å²) in [7, 11) is 1.61. The van der Waals surface area contributed by atoms with Crippen molar-refractivity contribution in [2.75, 3.05) is 7.11 Å². The van der Waals surface area contributed by atoms with Crippen LogP contribution < -0.4 is 9.47 Å². The second kappa shape index (κ2) is 5.15. The van der Waals surface area contributed by atoms with Gasteiger partial charge in [0.2, 0.25) is 0 Å².